The predicted molar refractivity (Wildman–Crippen MR) is 111 cm³/mol. The molecule has 1 heterocycles. The van der Waals surface area contributed by atoms with E-state index in [0.29, 0.717) is 17.5 Å². The lowest BCUT2D eigenvalue weighted by Crippen LogP contribution is -2.23. The highest BCUT2D eigenvalue weighted by molar-refractivity contribution is 8.00. The number of carbonyl (C=O) groups is 1. The molecule has 0 aliphatic heterocycles. The van der Waals surface area contributed by atoms with Gasteiger partial charge in [0.1, 0.15) is 0 Å². The quantitative estimate of drug-likeness (QED) is 0.408. The molecule has 1 N–H and O–H groups in total. The molecule has 0 saturated carbocycles. The summed E-state index contributed by atoms with van der Waals surface area (Å²) in [5, 5.41) is 11.1. The second kappa shape index (κ2) is 9.17. The summed E-state index contributed by atoms with van der Waals surface area (Å²) in [5.74, 6) is 0.308. The Hall–Kier alpha value is -3.07. The number of rotatable bonds is 7. The van der Waals surface area contributed by atoms with Crippen molar-refractivity contribution in [2.45, 2.75) is 30.1 Å². The van der Waals surface area contributed by atoms with Gasteiger partial charge in [0.2, 0.25) is 5.91 Å². The van der Waals surface area contributed by atoms with Crippen LogP contribution < -0.4 is 5.32 Å². The van der Waals surface area contributed by atoms with E-state index in [0.717, 1.165) is 17.7 Å². The lowest BCUT2D eigenvalue weighted by Gasteiger charge is -2.13. The van der Waals surface area contributed by atoms with Gasteiger partial charge in [-0.15, -0.1) is 16.8 Å². The van der Waals surface area contributed by atoms with Crippen LogP contribution in [-0.2, 0) is 17.5 Å². The fourth-order valence-corrected chi connectivity index (χ4v) is 3.53. The number of nitrogens with zero attached hydrogens (tertiary/aromatic N) is 3. The summed E-state index contributed by atoms with van der Waals surface area (Å²) < 4.78 is 39.9. The van der Waals surface area contributed by atoms with Crippen LogP contribution in [0.4, 0.5) is 18.9 Å². The van der Waals surface area contributed by atoms with Crippen LogP contribution in [0.3, 0.4) is 0 Å². The van der Waals surface area contributed by atoms with Gasteiger partial charge in [0.05, 0.1) is 10.8 Å². The highest BCUT2D eigenvalue weighted by Crippen LogP contribution is 2.30. The number of amides is 1. The zero-order valence-corrected chi connectivity index (χ0v) is 16.9. The number of alkyl halides is 3. The second-order valence-electron chi connectivity index (χ2n) is 6.40. The van der Waals surface area contributed by atoms with E-state index in [-0.39, 0.29) is 11.6 Å². The smallest absolute Gasteiger partial charge is 0.325 e. The summed E-state index contributed by atoms with van der Waals surface area (Å²) in [6.07, 6.45) is -2.70. The molecular formula is C21H19F3N4OS. The first-order valence-corrected chi connectivity index (χ1v) is 9.92. The Morgan fingerprint density at radius 2 is 1.83 bits per heavy atom. The van der Waals surface area contributed by atoms with E-state index in [2.05, 4.69) is 22.1 Å². The van der Waals surface area contributed by atoms with Gasteiger partial charge in [0, 0.05) is 17.8 Å². The summed E-state index contributed by atoms with van der Waals surface area (Å²) in [6, 6.07) is 13.8. The number of anilines is 1. The molecule has 0 aliphatic rings. The van der Waals surface area contributed by atoms with Crippen LogP contribution in [0.15, 0.2) is 72.4 Å². The molecule has 0 radical (unpaired) electrons. The zero-order chi connectivity index (χ0) is 21.7. The number of carbonyl (C=O) groups excluding carboxylic acids is 1. The van der Waals surface area contributed by atoms with Gasteiger partial charge in [-0.2, -0.15) is 13.2 Å². The molecule has 156 valence electrons. The Labute approximate surface area is 176 Å². The van der Waals surface area contributed by atoms with Crippen molar-refractivity contribution >= 4 is 23.4 Å². The molecule has 1 aromatic heterocycles. The number of nitrogens with one attached hydrogen (secondary N) is 1. The van der Waals surface area contributed by atoms with Crippen molar-refractivity contribution in [2.75, 3.05) is 5.32 Å². The first kappa shape index (κ1) is 21.6. The molecule has 0 spiro atoms. The van der Waals surface area contributed by atoms with Crippen molar-refractivity contribution in [3.8, 4) is 11.4 Å². The average Bonchev–Trinajstić information content (AvgIpc) is 3.11. The van der Waals surface area contributed by atoms with Crippen LogP contribution in [0, 0.1) is 0 Å². The fraction of sp³-hybridized carbons (Fsp3) is 0.190. The maximum Gasteiger partial charge on any atom is 0.416 e. The van der Waals surface area contributed by atoms with Gasteiger partial charge in [-0.05, 0) is 31.2 Å². The highest BCUT2D eigenvalue weighted by Gasteiger charge is 2.30. The molecule has 9 heteroatoms. The molecule has 0 saturated heterocycles. The summed E-state index contributed by atoms with van der Waals surface area (Å²) in [5.41, 5.74) is 0.410. The Morgan fingerprint density at radius 3 is 2.43 bits per heavy atom. The van der Waals surface area contributed by atoms with Gasteiger partial charge in [-0.25, -0.2) is 0 Å². The van der Waals surface area contributed by atoms with Gasteiger partial charge < -0.3 is 5.32 Å². The van der Waals surface area contributed by atoms with E-state index in [4.69, 9.17) is 0 Å². The van der Waals surface area contributed by atoms with Gasteiger partial charge in [0.15, 0.2) is 11.0 Å². The maximum absolute atomic E-state index is 12.7. The minimum atomic E-state index is -4.42. The molecule has 1 unspecified atom stereocenters. The molecule has 30 heavy (non-hydrogen) atoms. The van der Waals surface area contributed by atoms with E-state index >= 15 is 0 Å². The average molecular weight is 432 g/mol. The van der Waals surface area contributed by atoms with Crippen molar-refractivity contribution in [2.24, 2.45) is 0 Å². The predicted octanol–water partition coefficient (Wildman–Crippen LogP) is 5.27. The van der Waals surface area contributed by atoms with Crippen molar-refractivity contribution < 1.29 is 18.0 Å². The number of hydrogen-bond acceptors (Lipinski definition) is 4. The van der Waals surface area contributed by atoms with Crippen molar-refractivity contribution in [3.63, 3.8) is 0 Å². The van der Waals surface area contributed by atoms with Crippen LogP contribution in [-0.4, -0.2) is 25.9 Å². The molecule has 2 aromatic carbocycles. The summed E-state index contributed by atoms with van der Waals surface area (Å²) in [6.45, 7) is 5.92. The third-order valence-corrected chi connectivity index (χ3v) is 5.27. The normalized spacial score (nSPS) is 12.4. The third kappa shape index (κ3) is 5.10. The van der Waals surface area contributed by atoms with Crippen LogP contribution in [0.25, 0.3) is 11.4 Å². The highest BCUT2D eigenvalue weighted by atomic mass is 32.2. The molecule has 3 aromatic rings. The van der Waals surface area contributed by atoms with E-state index in [1.54, 1.807) is 13.0 Å². The lowest BCUT2D eigenvalue weighted by molar-refractivity contribution is -0.137. The number of benzene rings is 2. The van der Waals surface area contributed by atoms with Gasteiger partial charge in [-0.3, -0.25) is 9.36 Å². The van der Waals surface area contributed by atoms with Crippen LogP contribution >= 0.6 is 11.8 Å². The number of hydrogen-bond donors (Lipinski definition) is 1. The Kier molecular flexibility index (Phi) is 6.61. The fourth-order valence-electron chi connectivity index (χ4n) is 2.67. The zero-order valence-electron chi connectivity index (χ0n) is 16.1. The number of halogens is 3. The molecule has 3 rings (SSSR count). The van der Waals surface area contributed by atoms with Gasteiger partial charge in [-0.1, -0.05) is 48.2 Å². The van der Waals surface area contributed by atoms with E-state index in [1.165, 1.54) is 23.9 Å². The molecule has 0 bridgehead atoms. The number of thioether (sulfide) groups is 1. The molecule has 5 nitrogen and oxygen atoms in total. The van der Waals surface area contributed by atoms with Crippen molar-refractivity contribution in [1.82, 2.24) is 14.8 Å². The lowest BCUT2D eigenvalue weighted by atomic mass is 10.2. The summed E-state index contributed by atoms with van der Waals surface area (Å²) in [4.78, 5) is 12.5. The minimum absolute atomic E-state index is 0.290. The Balaban J connectivity index is 1.72. The number of aromatic nitrogens is 3. The maximum atomic E-state index is 12.7. The first-order chi connectivity index (χ1) is 14.3. The second-order valence-corrected chi connectivity index (χ2v) is 7.70. The largest absolute Gasteiger partial charge is 0.416 e. The van der Waals surface area contributed by atoms with Crippen LogP contribution in [0.5, 0.6) is 0 Å². The molecule has 0 aliphatic carbocycles. The topological polar surface area (TPSA) is 59.8 Å². The van der Waals surface area contributed by atoms with E-state index in [9.17, 15) is 18.0 Å². The monoisotopic (exact) mass is 432 g/mol. The molecule has 1 amide bonds. The SMILES string of the molecule is C=CCn1c(SC(C)C(=O)Nc2ccc(C(F)(F)F)cc2)nnc1-c1ccccc1. The minimum Gasteiger partial charge on any atom is -0.325 e. The van der Waals surface area contributed by atoms with Crippen LogP contribution in [0.2, 0.25) is 0 Å². The first-order valence-electron chi connectivity index (χ1n) is 9.04. The van der Waals surface area contributed by atoms with Crippen LogP contribution in [0.1, 0.15) is 12.5 Å². The summed E-state index contributed by atoms with van der Waals surface area (Å²) in [7, 11) is 0. The Morgan fingerprint density at radius 1 is 1.17 bits per heavy atom. The van der Waals surface area contributed by atoms with Gasteiger partial charge in [0.25, 0.3) is 0 Å². The van der Waals surface area contributed by atoms with E-state index in [1.807, 2.05) is 34.9 Å². The third-order valence-electron chi connectivity index (χ3n) is 4.19. The molecular weight excluding hydrogens is 413 g/mol. The molecule has 1 atom stereocenters. The standard InChI is InChI=1S/C21H19F3N4OS/c1-3-13-28-18(15-7-5-4-6-8-15)26-27-20(28)30-14(2)19(29)25-17-11-9-16(10-12-17)21(22,23)24/h3-12,14H,1,13H2,2H3,(H,25,29). The van der Waals surface area contributed by atoms with Gasteiger partial charge >= 0.3 is 6.18 Å². The van der Waals surface area contributed by atoms with Crippen molar-refractivity contribution in [3.05, 3.63) is 72.8 Å². The molecule has 0 fully saturated rings. The summed E-state index contributed by atoms with van der Waals surface area (Å²) >= 11 is 1.21. The van der Waals surface area contributed by atoms with Crippen molar-refractivity contribution in [1.29, 1.82) is 0 Å². The Bertz CT molecular complexity index is 1020. The van der Waals surface area contributed by atoms with E-state index < -0.39 is 17.0 Å². The number of allylic oxidation sites excluding steroid dienone is 1.